The van der Waals surface area contributed by atoms with E-state index in [-0.39, 0.29) is 5.38 Å². The average Bonchev–Trinajstić information content (AvgIpc) is 2.80. The summed E-state index contributed by atoms with van der Waals surface area (Å²) in [5.41, 5.74) is 0.991. The molecule has 0 amide bonds. The summed E-state index contributed by atoms with van der Waals surface area (Å²) in [5, 5.41) is -0.215. The first kappa shape index (κ1) is 17.1. The first-order chi connectivity index (χ1) is 10.1. The van der Waals surface area contributed by atoms with Crippen molar-refractivity contribution >= 4 is 54.8 Å². The van der Waals surface area contributed by atoms with Gasteiger partial charge in [-0.3, -0.25) is 0 Å². The van der Waals surface area contributed by atoms with Gasteiger partial charge in [0.15, 0.2) is 11.5 Å². The molecular formula is C15H15Br2ClO2S. The van der Waals surface area contributed by atoms with Gasteiger partial charge in [0.1, 0.15) is 0 Å². The molecule has 1 heterocycles. The van der Waals surface area contributed by atoms with Crippen LogP contribution in [0.2, 0.25) is 0 Å². The molecule has 1 aromatic carbocycles. The van der Waals surface area contributed by atoms with Crippen molar-refractivity contribution in [2.75, 3.05) is 13.2 Å². The molecule has 0 radical (unpaired) electrons. The third kappa shape index (κ3) is 4.15. The Morgan fingerprint density at radius 3 is 2.33 bits per heavy atom. The summed E-state index contributed by atoms with van der Waals surface area (Å²) in [6, 6.07) is 7.88. The Hall–Kier alpha value is -0.230. The van der Waals surface area contributed by atoms with Gasteiger partial charge in [-0.05, 0) is 69.5 Å². The third-order valence-corrected chi connectivity index (χ3v) is 6.71. The molecule has 0 bridgehead atoms. The van der Waals surface area contributed by atoms with Gasteiger partial charge < -0.3 is 9.47 Å². The van der Waals surface area contributed by atoms with E-state index in [1.165, 1.54) is 0 Å². The quantitative estimate of drug-likeness (QED) is 0.470. The van der Waals surface area contributed by atoms with E-state index >= 15 is 0 Å². The van der Waals surface area contributed by atoms with Crippen LogP contribution in [0.4, 0.5) is 0 Å². The van der Waals surface area contributed by atoms with Gasteiger partial charge in [0.2, 0.25) is 0 Å². The van der Waals surface area contributed by atoms with Crippen LogP contribution in [0.3, 0.4) is 0 Å². The second-order valence-electron chi connectivity index (χ2n) is 4.21. The minimum Gasteiger partial charge on any atom is -0.490 e. The standard InChI is InChI=1S/C15H15Br2ClO2S/c1-3-19-11-6-5-9(7-12(11)20-4-2)14(18)13-8-10(16)15(17)21-13/h5-8,14H,3-4H2,1-2H3. The molecule has 1 atom stereocenters. The lowest BCUT2D eigenvalue weighted by Crippen LogP contribution is -2.00. The Bertz CT molecular complexity index is 596. The van der Waals surface area contributed by atoms with Crippen LogP contribution in [0.1, 0.15) is 29.7 Å². The fraction of sp³-hybridized carbons (Fsp3) is 0.333. The molecule has 114 valence electrons. The summed E-state index contributed by atoms with van der Waals surface area (Å²) < 4.78 is 13.3. The highest BCUT2D eigenvalue weighted by atomic mass is 79.9. The zero-order valence-corrected chi connectivity index (χ0v) is 16.4. The fourth-order valence-electron chi connectivity index (χ4n) is 1.88. The van der Waals surface area contributed by atoms with E-state index in [1.54, 1.807) is 11.3 Å². The lowest BCUT2D eigenvalue weighted by atomic mass is 10.1. The number of alkyl halides is 1. The molecule has 6 heteroatoms. The predicted octanol–water partition coefficient (Wildman–Crippen LogP) is 6.40. The van der Waals surface area contributed by atoms with Crippen molar-refractivity contribution in [1.29, 1.82) is 0 Å². The van der Waals surface area contributed by atoms with E-state index in [1.807, 2.05) is 38.1 Å². The second kappa shape index (κ2) is 7.86. The van der Waals surface area contributed by atoms with Crippen LogP contribution >= 0.6 is 54.8 Å². The predicted molar refractivity (Wildman–Crippen MR) is 96.2 cm³/mol. The topological polar surface area (TPSA) is 18.5 Å². The first-order valence-corrected chi connectivity index (χ1v) is 9.39. The molecule has 2 aromatic rings. The van der Waals surface area contributed by atoms with Crippen molar-refractivity contribution in [3.63, 3.8) is 0 Å². The van der Waals surface area contributed by atoms with Crippen molar-refractivity contribution in [2.24, 2.45) is 0 Å². The van der Waals surface area contributed by atoms with Crippen LogP contribution in [0.5, 0.6) is 11.5 Å². The number of halogens is 3. The molecule has 1 aromatic heterocycles. The normalized spacial score (nSPS) is 12.2. The molecule has 0 spiro atoms. The van der Waals surface area contributed by atoms with Crippen molar-refractivity contribution < 1.29 is 9.47 Å². The number of hydrogen-bond acceptors (Lipinski definition) is 3. The van der Waals surface area contributed by atoms with Gasteiger partial charge in [0, 0.05) is 9.35 Å². The molecule has 0 aliphatic rings. The van der Waals surface area contributed by atoms with E-state index in [9.17, 15) is 0 Å². The van der Waals surface area contributed by atoms with Gasteiger partial charge in [-0.2, -0.15) is 0 Å². The van der Waals surface area contributed by atoms with Crippen LogP contribution in [-0.2, 0) is 0 Å². The smallest absolute Gasteiger partial charge is 0.161 e. The minimum atomic E-state index is -0.215. The van der Waals surface area contributed by atoms with Gasteiger partial charge in [-0.25, -0.2) is 0 Å². The van der Waals surface area contributed by atoms with E-state index in [0.717, 1.165) is 30.2 Å². The van der Waals surface area contributed by atoms with Crippen LogP contribution < -0.4 is 9.47 Å². The van der Waals surface area contributed by atoms with Gasteiger partial charge in [-0.1, -0.05) is 6.07 Å². The van der Waals surface area contributed by atoms with E-state index in [2.05, 4.69) is 31.9 Å². The van der Waals surface area contributed by atoms with Crippen molar-refractivity contribution in [1.82, 2.24) is 0 Å². The summed E-state index contributed by atoms with van der Waals surface area (Å²) in [6.07, 6.45) is 0. The molecule has 1 unspecified atom stereocenters. The Labute approximate surface area is 150 Å². The van der Waals surface area contributed by atoms with E-state index < -0.39 is 0 Å². The highest BCUT2D eigenvalue weighted by molar-refractivity contribution is 9.13. The fourth-order valence-corrected chi connectivity index (χ4v) is 4.31. The summed E-state index contributed by atoms with van der Waals surface area (Å²) in [6.45, 7) is 5.10. The largest absolute Gasteiger partial charge is 0.490 e. The number of ether oxygens (including phenoxy) is 2. The molecule has 0 fully saturated rings. The maximum absolute atomic E-state index is 6.59. The number of benzene rings is 1. The molecule has 0 saturated carbocycles. The van der Waals surface area contributed by atoms with Crippen molar-refractivity contribution in [3.8, 4) is 11.5 Å². The van der Waals surface area contributed by atoms with Crippen molar-refractivity contribution in [2.45, 2.75) is 19.2 Å². The molecule has 0 N–H and O–H groups in total. The number of hydrogen-bond donors (Lipinski definition) is 0. The Morgan fingerprint density at radius 1 is 1.10 bits per heavy atom. The van der Waals surface area contributed by atoms with Gasteiger partial charge in [0.25, 0.3) is 0 Å². The molecular weight excluding hydrogens is 439 g/mol. The highest BCUT2D eigenvalue weighted by Gasteiger charge is 2.17. The first-order valence-electron chi connectivity index (χ1n) is 6.55. The lowest BCUT2D eigenvalue weighted by molar-refractivity contribution is 0.287. The van der Waals surface area contributed by atoms with Gasteiger partial charge >= 0.3 is 0 Å². The zero-order chi connectivity index (χ0) is 15.4. The van der Waals surface area contributed by atoms with Gasteiger partial charge in [-0.15, -0.1) is 22.9 Å². The Morgan fingerprint density at radius 2 is 1.76 bits per heavy atom. The zero-order valence-electron chi connectivity index (χ0n) is 11.7. The van der Waals surface area contributed by atoms with Crippen LogP contribution in [-0.4, -0.2) is 13.2 Å². The minimum absolute atomic E-state index is 0.215. The molecule has 0 aliphatic heterocycles. The summed E-state index contributed by atoms with van der Waals surface area (Å²) >= 11 is 15.2. The summed E-state index contributed by atoms with van der Waals surface area (Å²) in [5.74, 6) is 1.48. The monoisotopic (exact) mass is 452 g/mol. The van der Waals surface area contributed by atoms with Crippen LogP contribution in [0.25, 0.3) is 0 Å². The summed E-state index contributed by atoms with van der Waals surface area (Å²) in [4.78, 5) is 1.07. The molecule has 0 aliphatic carbocycles. The number of thiophene rings is 1. The number of rotatable bonds is 6. The van der Waals surface area contributed by atoms with Gasteiger partial charge in [0.05, 0.1) is 22.4 Å². The lowest BCUT2D eigenvalue weighted by Gasteiger charge is -2.14. The van der Waals surface area contributed by atoms with Crippen LogP contribution in [0, 0.1) is 0 Å². The molecule has 0 saturated heterocycles. The molecule has 21 heavy (non-hydrogen) atoms. The Kier molecular flexibility index (Phi) is 6.41. The molecule has 2 nitrogen and oxygen atoms in total. The van der Waals surface area contributed by atoms with Crippen LogP contribution in [0.15, 0.2) is 32.5 Å². The maximum atomic E-state index is 6.59. The maximum Gasteiger partial charge on any atom is 0.161 e. The summed E-state index contributed by atoms with van der Waals surface area (Å²) in [7, 11) is 0. The average molecular weight is 455 g/mol. The van der Waals surface area contributed by atoms with Crippen molar-refractivity contribution in [3.05, 3.63) is 43.0 Å². The molecule has 2 rings (SSSR count). The highest BCUT2D eigenvalue weighted by Crippen LogP contribution is 2.42. The SMILES string of the molecule is CCOc1ccc(C(Cl)c2cc(Br)c(Br)s2)cc1OCC. The second-order valence-corrected chi connectivity index (χ2v) is 7.90. The van der Waals surface area contributed by atoms with E-state index in [0.29, 0.717) is 13.2 Å². The Balaban J connectivity index is 2.32. The third-order valence-electron chi connectivity index (χ3n) is 2.77. The van der Waals surface area contributed by atoms with E-state index in [4.69, 9.17) is 21.1 Å².